The van der Waals surface area contributed by atoms with Crippen LogP contribution in [0.3, 0.4) is 0 Å². The fraction of sp³-hybridized carbons (Fsp3) is 0.150. The first-order valence-corrected chi connectivity index (χ1v) is 8.46. The number of anilines is 2. The van der Waals surface area contributed by atoms with Gasteiger partial charge in [0.15, 0.2) is 5.65 Å². The number of aryl methyl sites for hydroxylation is 1. The van der Waals surface area contributed by atoms with Crippen LogP contribution >= 0.6 is 0 Å². The lowest BCUT2D eigenvalue weighted by Crippen LogP contribution is -2.07. The molecule has 2 heterocycles. The van der Waals surface area contributed by atoms with E-state index in [4.69, 9.17) is 4.98 Å². The summed E-state index contributed by atoms with van der Waals surface area (Å²) in [6.07, 6.45) is 0. The van der Waals surface area contributed by atoms with Crippen molar-refractivity contribution in [3.8, 4) is 0 Å². The van der Waals surface area contributed by atoms with Gasteiger partial charge in [-0.05, 0) is 36.8 Å². The Balaban J connectivity index is 1.67. The Bertz CT molecular complexity index is 1120. The van der Waals surface area contributed by atoms with Crippen molar-refractivity contribution in [2.45, 2.75) is 20.4 Å². The van der Waals surface area contributed by atoms with Gasteiger partial charge in [-0.1, -0.05) is 24.3 Å². The third kappa shape index (κ3) is 3.09. The van der Waals surface area contributed by atoms with Crippen LogP contribution in [-0.4, -0.2) is 20.5 Å². The highest BCUT2D eigenvalue weighted by Gasteiger charge is 2.09. The van der Waals surface area contributed by atoms with E-state index < -0.39 is 0 Å². The van der Waals surface area contributed by atoms with Crippen LogP contribution < -0.4 is 10.6 Å². The highest BCUT2D eigenvalue weighted by Crippen LogP contribution is 2.24. The van der Waals surface area contributed by atoms with Crippen molar-refractivity contribution in [2.75, 3.05) is 10.6 Å². The van der Waals surface area contributed by atoms with Crippen molar-refractivity contribution < 1.29 is 4.79 Å². The quantitative estimate of drug-likeness (QED) is 0.591. The number of amides is 1. The van der Waals surface area contributed by atoms with Gasteiger partial charge >= 0.3 is 0 Å². The molecule has 26 heavy (non-hydrogen) atoms. The molecule has 0 aliphatic rings. The molecule has 0 aliphatic carbocycles. The summed E-state index contributed by atoms with van der Waals surface area (Å²) < 4.78 is 1.87. The standard InChI is InChI=1S/C20H19N5O/c1-13-10-19-23-20(17-8-3-4-9-18(17)25(19)24-13)21-12-15-6-5-7-16(11-15)22-14(2)26/h3-11H,12H2,1-2H3,(H,21,23)(H,22,26). The smallest absolute Gasteiger partial charge is 0.221 e. The van der Waals surface area contributed by atoms with Gasteiger partial charge in [0.1, 0.15) is 5.82 Å². The second kappa shape index (κ2) is 6.48. The van der Waals surface area contributed by atoms with Gasteiger partial charge < -0.3 is 10.6 Å². The number of benzene rings is 2. The van der Waals surface area contributed by atoms with Crippen LogP contribution in [0.15, 0.2) is 54.6 Å². The first kappa shape index (κ1) is 16.1. The Morgan fingerprint density at radius 3 is 2.81 bits per heavy atom. The number of hydrogen-bond acceptors (Lipinski definition) is 4. The first-order valence-electron chi connectivity index (χ1n) is 8.46. The van der Waals surface area contributed by atoms with E-state index in [0.717, 1.165) is 39.3 Å². The Morgan fingerprint density at radius 1 is 1.12 bits per heavy atom. The topological polar surface area (TPSA) is 71.3 Å². The molecule has 0 atom stereocenters. The zero-order valence-corrected chi connectivity index (χ0v) is 14.7. The van der Waals surface area contributed by atoms with E-state index in [1.807, 2.05) is 66.0 Å². The average molecular weight is 345 g/mol. The Morgan fingerprint density at radius 2 is 1.96 bits per heavy atom. The molecule has 0 saturated heterocycles. The van der Waals surface area contributed by atoms with Crippen LogP contribution in [0.4, 0.5) is 11.5 Å². The monoisotopic (exact) mass is 345 g/mol. The largest absolute Gasteiger partial charge is 0.365 e. The molecule has 0 saturated carbocycles. The Kier molecular flexibility index (Phi) is 4.01. The molecule has 2 aromatic heterocycles. The van der Waals surface area contributed by atoms with Crippen molar-refractivity contribution in [1.29, 1.82) is 0 Å². The number of fused-ring (bicyclic) bond motifs is 3. The summed E-state index contributed by atoms with van der Waals surface area (Å²) in [4.78, 5) is 16.0. The number of aromatic nitrogens is 3. The molecule has 2 N–H and O–H groups in total. The van der Waals surface area contributed by atoms with Crippen LogP contribution in [0.5, 0.6) is 0 Å². The number of carbonyl (C=O) groups is 1. The Labute approximate surface area is 150 Å². The van der Waals surface area contributed by atoms with Crippen LogP contribution in [0.1, 0.15) is 18.2 Å². The van der Waals surface area contributed by atoms with Gasteiger partial charge in [-0.25, -0.2) is 9.50 Å². The highest BCUT2D eigenvalue weighted by molar-refractivity contribution is 5.91. The predicted molar refractivity (Wildman–Crippen MR) is 103 cm³/mol. The molecule has 4 aromatic rings. The summed E-state index contributed by atoms with van der Waals surface area (Å²) >= 11 is 0. The summed E-state index contributed by atoms with van der Waals surface area (Å²) in [5, 5.41) is 11.8. The minimum atomic E-state index is -0.0793. The summed E-state index contributed by atoms with van der Waals surface area (Å²) in [6.45, 7) is 4.07. The van der Waals surface area contributed by atoms with Crippen molar-refractivity contribution in [1.82, 2.24) is 14.6 Å². The van der Waals surface area contributed by atoms with E-state index in [1.165, 1.54) is 6.92 Å². The van der Waals surface area contributed by atoms with Gasteiger partial charge in [-0.2, -0.15) is 5.10 Å². The molecule has 6 nitrogen and oxygen atoms in total. The van der Waals surface area contributed by atoms with Gasteiger partial charge in [0.2, 0.25) is 5.91 Å². The third-order valence-electron chi connectivity index (χ3n) is 4.13. The Hall–Kier alpha value is -3.41. The number of hydrogen-bond donors (Lipinski definition) is 2. The fourth-order valence-corrected chi connectivity index (χ4v) is 3.06. The van der Waals surface area contributed by atoms with E-state index in [9.17, 15) is 4.79 Å². The molecule has 1 amide bonds. The van der Waals surface area contributed by atoms with Crippen molar-refractivity contribution in [3.05, 3.63) is 65.9 Å². The lowest BCUT2D eigenvalue weighted by Gasteiger charge is -2.11. The van der Waals surface area contributed by atoms with Crippen LogP contribution in [0.25, 0.3) is 16.6 Å². The van der Waals surface area contributed by atoms with Crippen molar-refractivity contribution in [3.63, 3.8) is 0 Å². The molecule has 0 spiro atoms. The molecule has 0 unspecified atom stereocenters. The van der Waals surface area contributed by atoms with Gasteiger partial charge in [-0.15, -0.1) is 0 Å². The maximum absolute atomic E-state index is 11.2. The molecule has 0 bridgehead atoms. The lowest BCUT2D eigenvalue weighted by molar-refractivity contribution is -0.114. The molecule has 130 valence electrons. The number of nitrogens with zero attached hydrogens (tertiary/aromatic N) is 3. The minimum Gasteiger partial charge on any atom is -0.365 e. The van der Waals surface area contributed by atoms with E-state index in [0.29, 0.717) is 6.54 Å². The van der Waals surface area contributed by atoms with Crippen LogP contribution in [-0.2, 0) is 11.3 Å². The molecular formula is C20H19N5O. The summed E-state index contributed by atoms with van der Waals surface area (Å²) in [5.74, 6) is 0.738. The number of nitrogens with one attached hydrogen (secondary N) is 2. The zero-order chi connectivity index (χ0) is 18.1. The van der Waals surface area contributed by atoms with E-state index in [2.05, 4.69) is 15.7 Å². The summed E-state index contributed by atoms with van der Waals surface area (Å²) in [5.41, 5.74) is 4.61. The highest BCUT2D eigenvalue weighted by atomic mass is 16.1. The number of rotatable bonds is 4. The third-order valence-corrected chi connectivity index (χ3v) is 4.13. The van der Waals surface area contributed by atoms with E-state index in [1.54, 1.807) is 0 Å². The molecule has 2 aromatic carbocycles. The average Bonchev–Trinajstić information content (AvgIpc) is 3.00. The molecular weight excluding hydrogens is 326 g/mol. The van der Waals surface area contributed by atoms with E-state index in [-0.39, 0.29) is 5.91 Å². The number of carbonyl (C=O) groups excluding carboxylic acids is 1. The first-order chi connectivity index (χ1) is 12.6. The zero-order valence-electron chi connectivity index (χ0n) is 14.7. The maximum atomic E-state index is 11.2. The van der Waals surface area contributed by atoms with Gasteiger partial charge in [0.25, 0.3) is 0 Å². The van der Waals surface area contributed by atoms with Gasteiger partial charge in [0, 0.05) is 30.6 Å². The van der Waals surface area contributed by atoms with Gasteiger partial charge in [-0.3, -0.25) is 4.79 Å². The van der Waals surface area contributed by atoms with Gasteiger partial charge in [0.05, 0.1) is 11.2 Å². The normalized spacial score (nSPS) is 11.0. The second-order valence-electron chi connectivity index (χ2n) is 6.27. The molecule has 0 fully saturated rings. The molecule has 0 aliphatic heterocycles. The molecule has 0 radical (unpaired) electrons. The van der Waals surface area contributed by atoms with Crippen molar-refractivity contribution >= 4 is 34.0 Å². The number of para-hydroxylation sites is 1. The van der Waals surface area contributed by atoms with Crippen LogP contribution in [0.2, 0.25) is 0 Å². The summed E-state index contributed by atoms with van der Waals surface area (Å²) in [7, 11) is 0. The fourth-order valence-electron chi connectivity index (χ4n) is 3.06. The molecule has 6 heteroatoms. The second-order valence-corrected chi connectivity index (χ2v) is 6.27. The van der Waals surface area contributed by atoms with Crippen molar-refractivity contribution in [2.24, 2.45) is 0 Å². The predicted octanol–water partition coefficient (Wildman–Crippen LogP) is 3.76. The van der Waals surface area contributed by atoms with E-state index >= 15 is 0 Å². The summed E-state index contributed by atoms with van der Waals surface area (Å²) in [6, 6.07) is 17.8. The SMILES string of the molecule is CC(=O)Nc1cccc(CNc2nc3cc(C)nn3c3ccccc23)c1. The molecule has 4 rings (SSSR count). The minimum absolute atomic E-state index is 0.0793. The van der Waals surface area contributed by atoms with Crippen LogP contribution in [0, 0.1) is 6.92 Å². The lowest BCUT2D eigenvalue weighted by atomic mass is 10.2. The maximum Gasteiger partial charge on any atom is 0.221 e.